The molecule has 1 heterocycles. The first-order valence-corrected chi connectivity index (χ1v) is 10.5. The number of rotatable bonds is 4. The molecule has 1 N–H and O–H groups in total. The lowest BCUT2D eigenvalue weighted by molar-refractivity contribution is -0.119. The Bertz CT molecular complexity index is 1120. The molecule has 0 radical (unpaired) electrons. The maximum atomic E-state index is 13.1. The van der Waals surface area contributed by atoms with Gasteiger partial charge in [0.25, 0.3) is 5.91 Å². The molecule has 154 valence electrons. The van der Waals surface area contributed by atoms with Crippen molar-refractivity contribution in [3.05, 3.63) is 70.4 Å². The predicted molar refractivity (Wildman–Crippen MR) is 118 cm³/mol. The Morgan fingerprint density at radius 1 is 1.03 bits per heavy atom. The van der Waals surface area contributed by atoms with Crippen LogP contribution in [0.1, 0.15) is 52.0 Å². The third-order valence-corrected chi connectivity index (χ3v) is 5.61. The highest BCUT2D eigenvalue weighted by Gasteiger charge is 2.23. The van der Waals surface area contributed by atoms with Crippen LogP contribution in [-0.4, -0.2) is 23.5 Å². The molecule has 0 spiro atoms. The summed E-state index contributed by atoms with van der Waals surface area (Å²) in [5.74, 6) is -0.803. The summed E-state index contributed by atoms with van der Waals surface area (Å²) in [6.45, 7) is 3.62. The van der Waals surface area contributed by atoms with Crippen LogP contribution in [0.3, 0.4) is 0 Å². The molecule has 0 fully saturated rings. The molecule has 0 saturated heterocycles. The monoisotopic (exact) mass is 402 g/mol. The van der Waals surface area contributed by atoms with Crippen molar-refractivity contribution in [2.24, 2.45) is 0 Å². The van der Waals surface area contributed by atoms with Gasteiger partial charge in [-0.1, -0.05) is 42.3 Å². The Morgan fingerprint density at radius 2 is 1.83 bits per heavy atom. The molecule has 3 aromatic rings. The third kappa shape index (κ3) is 4.20. The molecular formula is C25H26N2O3. The molecule has 1 aromatic heterocycles. The van der Waals surface area contributed by atoms with Gasteiger partial charge >= 0.3 is 5.97 Å². The minimum Gasteiger partial charge on any atom is -0.452 e. The third-order valence-electron chi connectivity index (χ3n) is 5.61. The van der Waals surface area contributed by atoms with Crippen LogP contribution >= 0.6 is 0 Å². The highest BCUT2D eigenvalue weighted by Crippen LogP contribution is 2.29. The van der Waals surface area contributed by atoms with Gasteiger partial charge in [-0.25, -0.2) is 4.79 Å². The lowest BCUT2D eigenvalue weighted by atomic mass is 9.97. The molecule has 2 aromatic carbocycles. The Hall–Kier alpha value is -3.21. The minimum absolute atomic E-state index is 0.322. The number of anilines is 1. The van der Waals surface area contributed by atoms with E-state index in [2.05, 4.69) is 5.32 Å². The van der Waals surface area contributed by atoms with Crippen LogP contribution in [-0.2, 0) is 22.4 Å². The van der Waals surface area contributed by atoms with Gasteiger partial charge in [0.1, 0.15) is 0 Å². The van der Waals surface area contributed by atoms with Gasteiger partial charge in [0.15, 0.2) is 6.61 Å². The Labute approximate surface area is 176 Å². The van der Waals surface area contributed by atoms with Crippen LogP contribution in [0.4, 0.5) is 5.69 Å². The number of hydrogen-bond acceptors (Lipinski definition) is 4. The van der Waals surface area contributed by atoms with E-state index in [0.717, 1.165) is 71.1 Å². The number of carbonyl (C=O) groups is 2. The fraction of sp³-hybridized carbons (Fsp3) is 0.320. The number of esters is 1. The fourth-order valence-corrected chi connectivity index (χ4v) is 4.13. The summed E-state index contributed by atoms with van der Waals surface area (Å²) in [5, 5.41) is 3.61. The summed E-state index contributed by atoms with van der Waals surface area (Å²) in [4.78, 5) is 30.3. The summed E-state index contributed by atoms with van der Waals surface area (Å²) < 4.78 is 5.46. The Balaban J connectivity index is 1.56. The van der Waals surface area contributed by atoms with Gasteiger partial charge in [0, 0.05) is 16.8 Å². The van der Waals surface area contributed by atoms with Gasteiger partial charge < -0.3 is 10.1 Å². The molecule has 0 saturated carbocycles. The lowest BCUT2D eigenvalue weighted by Gasteiger charge is -2.15. The largest absolute Gasteiger partial charge is 0.452 e. The highest BCUT2D eigenvalue weighted by atomic mass is 16.5. The van der Waals surface area contributed by atoms with Crippen molar-refractivity contribution in [1.29, 1.82) is 0 Å². The summed E-state index contributed by atoms with van der Waals surface area (Å²) in [6.07, 6.45) is 4.91. The molecule has 0 unspecified atom stereocenters. The van der Waals surface area contributed by atoms with Gasteiger partial charge in [-0.3, -0.25) is 9.78 Å². The normalized spacial score (nSPS) is 13.4. The van der Waals surface area contributed by atoms with Crippen LogP contribution in [0.5, 0.6) is 0 Å². The van der Waals surface area contributed by atoms with E-state index in [1.54, 1.807) is 0 Å². The van der Waals surface area contributed by atoms with Crippen molar-refractivity contribution in [3.63, 3.8) is 0 Å². The van der Waals surface area contributed by atoms with E-state index in [1.807, 2.05) is 56.3 Å². The number of amides is 1. The van der Waals surface area contributed by atoms with Crippen molar-refractivity contribution in [3.8, 4) is 0 Å². The van der Waals surface area contributed by atoms with Crippen LogP contribution < -0.4 is 5.32 Å². The van der Waals surface area contributed by atoms with Gasteiger partial charge in [-0.2, -0.15) is 0 Å². The second-order valence-electron chi connectivity index (χ2n) is 7.93. The summed E-state index contributed by atoms with van der Waals surface area (Å²) in [7, 11) is 0. The van der Waals surface area contributed by atoms with Crippen LogP contribution in [0, 0.1) is 13.8 Å². The first-order valence-electron chi connectivity index (χ1n) is 10.5. The molecule has 1 aliphatic carbocycles. The predicted octanol–water partition coefficient (Wildman–Crippen LogP) is 4.92. The molecule has 0 atom stereocenters. The van der Waals surface area contributed by atoms with Crippen molar-refractivity contribution in [2.45, 2.75) is 46.0 Å². The number of para-hydroxylation sites is 1. The summed E-state index contributed by atoms with van der Waals surface area (Å²) in [5.41, 5.74) is 6.15. The Morgan fingerprint density at radius 3 is 2.67 bits per heavy atom. The summed E-state index contributed by atoms with van der Waals surface area (Å²) >= 11 is 0. The zero-order valence-electron chi connectivity index (χ0n) is 17.5. The summed E-state index contributed by atoms with van der Waals surface area (Å²) in [6, 6.07) is 13.4. The van der Waals surface area contributed by atoms with E-state index < -0.39 is 5.97 Å². The number of pyridine rings is 1. The van der Waals surface area contributed by atoms with E-state index in [9.17, 15) is 9.59 Å². The van der Waals surface area contributed by atoms with Crippen LogP contribution in [0.25, 0.3) is 10.9 Å². The molecule has 4 rings (SSSR count). The van der Waals surface area contributed by atoms with E-state index in [0.29, 0.717) is 5.56 Å². The maximum absolute atomic E-state index is 13.1. The number of ether oxygens (including phenoxy) is 1. The first kappa shape index (κ1) is 20.1. The molecule has 0 aliphatic heterocycles. The van der Waals surface area contributed by atoms with E-state index in [-0.39, 0.29) is 12.5 Å². The van der Waals surface area contributed by atoms with E-state index in [1.165, 1.54) is 0 Å². The van der Waals surface area contributed by atoms with Gasteiger partial charge in [-0.15, -0.1) is 0 Å². The standard InChI is InChI=1S/C25H26N2O3/c1-16-12-13-20(17(2)14-16)27-23(28)15-30-25(29)24-18-8-4-3-5-10-21(18)26-22-11-7-6-9-19(22)24/h6-7,9,11-14H,3-5,8,10,15H2,1-2H3,(H,27,28). The molecule has 5 heteroatoms. The quantitative estimate of drug-likeness (QED) is 0.497. The van der Waals surface area contributed by atoms with Gasteiger partial charge in [0.2, 0.25) is 0 Å². The number of aromatic nitrogens is 1. The topological polar surface area (TPSA) is 68.3 Å². The molecule has 30 heavy (non-hydrogen) atoms. The first-order chi connectivity index (χ1) is 14.5. The number of fused-ring (bicyclic) bond motifs is 2. The molecule has 1 amide bonds. The number of benzene rings is 2. The average Bonchev–Trinajstić information content (AvgIpc) is 2.97. The number of nitrogens with zero attached hydrogens (tertiary/aromatic N) is 1. The zero-order valence-corrected chi connectivity index (χ0v) is 17.5. The average molecular weight is 402 g/mol. The fourth-order valence-electron chi connectivity index (χ4n) is 4.13. The number of hydrogen-bond donors (Lipinski definition) is 1. The van der Waals surface area contributed by atoms with Crippen molar-refractivity contribution >= 4 is 28.5 Å². The van der Waals surface area contributed by atoms with Gasteiger partial charge in [-0.05, 0) is 62.8 Å². The molecular weight excluding hydrogens is 376 g/mol. The second kappa shape index (κ2) is 8.66. The van der Waals surface area contributed by atoms with Crippen LogP contribution in [0.2, 0.25) is 0 Å². The van der Waals surface area contributed by atoms with Crippen molar-refractivity contribution < 1.29 is 14.3 Å². The zero-order chi connectivity index (χ0) is 21.1. The van der Waals surface area contributed by atoms with Crippen molar-refractivity contribution in [1.82, 2.24) is 4.98 Å². The van der Waals surface area contributed by atoms with E-state index >= 15 is 0 Å². The van der Waals surface area contributed by atoms with Crippen LogP contribution in [0.15, 0.2) is 42.5 Å². The minimum atomic E-state index is -0.456. The lowest BCUT2D eigenvalue weighted by Crippen LogP contribution is -2.22. The van der Waals surface area contributed by atoms with Crippen molar-refractivity contribution in [2.75, 3.05) is 11.9 Å². The number of nitrogens with one attached hydrogen (secondary N) is 1. The molecule has 1 aliphatic rings. The number of carbonyl (C=O) groups excluding carboxylic acids is 2. The maximum Gasteiger partial charge on any atom is 0.339 e. The molecule has 0 bridgehead atoms. The smallest absolute Gasteiger partial charge is 0.339 e. The SMILES string of the molecule is Cc1ccc(NC(=O)COC(=O)c2c3c(nc4ccccc24)CCCCC3)c(C)c1. The number of aryl methyl sites for hydroxylation is 3. The molecule has 5 nitrogen and oxygen atoms in total. The second-order valence-corrected chi connectivity index (χ2v) is 7.93. The highest BCUT2D eigenvalue weighted by molar-refractivity contribution is 6.06. The van der Waals surface area contributed by atoms with Gasteiger partial charge in [0.05, 0.1) is 11.1 Å². The van der Waals surface area contributed by atoms with E-state index in [4.69, 9.17) is 9.72 Å². The Kier molecular flexibility index (Phi) is 5.79.